The summed E-state index contributed by atoms with van der Waals surface area (Å²) in [6.07, 6.45) is 0. The molecule has 0 aromatic heterocycles. The first-order valence-corrected chi connectivity index (χ1v) is 6.74. The van der Waals surface area contributed by atoms with Crippen molar-refractivity contribution < 1.29 is 4.74 Å². The molecule has 1 atom stereocenters. The van der Waals surface area contributed by atoms with E-state index in [1.807, 2.05) is 24.3 Å². The van der Waals surface area contributed by atoms with Crippen LogP contribution in [0.1, 0.15) is 24.0 Å². The average molecular weight is 276 g/mol. The molecule has 0 aliphatic rings. The van der Waals surface area contributed by atoms with Crippen LogP contribution in [0, 0.1) is 0 Å². The zero-order valence-corrected chi connectivity index (χ0v) is 11.7. The summed E-state index contributed by atoms with van der Waals surface area (Å²) < 4.78 is 5.69. The highest BCUT2D eigenvalue weighted by Gasteiger charge is 2.04. The molecule has 3 heteroatoms. The van der Waals surface area contributed by atoms with Gasteiger partial charge < -0.3 is 10.5 Å². The molecular weight excluding hydrogens is 258 g/mol. The number of para-hydroxylation sites is 1. The standard InChI is InChI=1S/C16H18ClNO/c1-12(10-18)14-8-6-13(7-9-14)11-19-16-5-3-2-4-15(16)17/h2-9,12H,10-11,18H2,1H3. The second kappa shape index (κ2) is 6.60. The predicted molar refractivity (Wildman–Crippen MR) is 79.7 cm³/mol. The first kappa shape index (κ1) is 13.9. The first-order chi connectivity index (χ1) is 9.20. The number of nitrogens with two attached hydrogens (primary N) is 1. The van der Waals surface area contributed by atoms with Crippen molar-refractivity contribution in [2.75, 3.05) is 6.54 Å². The van der Waals surface area contributed by atoms with Crippen LogP contribution < -0.4 is 10.5 Å². The molecule has 100 valence electrons. The maximum atomic E-state index is 6.04. The van der Waals surface area contributed by atoms with E-state index in [1.165, 1.54) is 5.56 Å². The van der Waals surface area contributed by atoms with E-state index in [0.717, 1.165) is 5.56 Å². The van der Waals surface area contributed by atoms with Crippen LogP contribution in [0.3, 0.4) is 0 Å². The summed E-state index contributed by atoms with van der Waals surface area (Å²) in [5.41, 5.74) is 8.03. The van der Waals surface area contributed by atoms with Crippen molar-refractivity contribution in [3.05, 3.63) is 64.7 Å². The third-order valence-electron chi connectivity index (χ3n) is 3.13. The monoisotopic (exact) mass is 275 g/mol. The minimum absolute atomic E-state index is 0.388. The summed E-state index contributed by atoms with van der Waals surface area (Å²) in [6.45, 7) is 3.30. The van der Waals surface area contributed by atoms with Crippen LogP contribution in [-0.4, -0.2) is 6.54 Å². The largest absolute Gasteiger partial charge is 0.487 e. The summed E-state index contributed by atoms with van der Waals surface area (Å²) in [4.78, 5) is 0. The second-order valence-corrected chi connectivity index (χ2v) is 5.00. The normalized spacial score (nSPS) is 12.2. The van der Waals surface area contributed by atoms with Crippen molar-refractivity contribution in [1.29, 1.82) is 0 Å². The molecule has 0 bridgehead atoms. The minimum atomic E-state index is 0.388. The van der Waals surface area contributed by atoms with E-state index in [1.54, 1.807) is 0 Å². The molecule has 0 aliphatic carbocycles. The van der Waals surface area contributed by atoms with Crippen LogP contribution in [-0.2, 0) is 6.61 Å². The van der Waals surface area contributed by atoms with Crippen molar-refractivity contribution >= 4 is 11.6 Å². The lowest BCUT2D eigenvalue weighted by Gasteiger charge is -2.11. The van der Waals surface area contributed by atoms with Gasteiger partial charge in [-0.2, -0.15) is 0 Å². The zero-order chi connectivity index (χ0) is 13.7. The molecule has 0 saturated heterocycles. The first-order valence-electron chi connectivity index (χ1n) is 6.37. The smallest absolute Gasteiger partial charge is 0.138 e. The van der Waals surface area contributed by atoms with Crippen LogP contribution in [0.2, 0.25) is 5.02 Å². The molecule has 2 N–H and O–H groups in total. The molecular formula is C16H18ClNO. The molecule has 0 heterocycles. The van der Waals surface area contributed by atoms with E-state index in [4.69, 9.17) is 22.1 Å². The van der Waals surface area contributed by atoms with Gasteiger partial charge in [0.2, 0.25) is 0 Å². The minimum Gasteiger partial charge on any atom is -0.487 e. The van der Waals surface area contributed by atoms with E-state index in [0.29, 0.717) is 29.8 Å². The van der Waals surface area contributed by atoms with Crippen molar-refractivity contribution in [3.63, 3.8) is 0 Å². The van der Waals surface area contributed by atoms with E-state index in [-0.39, 0.29) is 0 Å². The lowest BCUT2D eigenvalue weighted by atomic mass is 10.0. The van der Waals surface area contributed by atoms with Gasteiger partial charge in [0, 0.05) is 0 Å². The predicted octanol–water partition coefficient (Wildman–Crippen LogP) is 3.98. The van der Waals surface area contributed by atoms with Crippen LogP contribution in [0.4, 0.5) is 0 Å². The summed E-state index contributed by atoms with van der Waals surface area (Å²) in [6, 6.07) is 15.8. The molecule has 1 unspecified atom stereocenters. The van der Waals surface area contributed by atoms with Gasteiger partial charge in [-0.3, -0.25) is 0 Å². The Morgan fingerprint density at radius 2 is 1.79 bits per heavy atom. The summed E-state index contributed by atoms with van der Waals surface area (Å²) in [5, 5.41) is 0.635. The third-order valence-corrected chi connectivity index (χ3v) is 3.45. The Morgan fingerprint density at radius 3 is 2.42 bits per heavy atom. The SMILES string of the molecule is CC(CN)c1ccc(COc2ccccc2Cl)cc1. The van der Waals surface area contributed by atoms with Gasteiger partial charge >= 0.3 is 0 Å². The Morgan fingerprint density at radius 1 is 1.11 bits per heavy atom. The molecule has 19 heavy (non-hydrogen) atoms. The van der Waals surface area contributed by atoms with E-state index in [2.05, 4.69) is 31.2 Å². The fourth-order valence-corrected chi connectivity index (χ4v) is 1.99. The fraction of sp³-hybridized carbons (Fsp3) is 0.250. The van der Waals surface area contributed by atoms with Gasteiger partial charge in [-0.25, -0.2) is 0 Å². The molecule has 2 aromatic carbocycles. The van der Waals surface area contributed by atoms with Gasteiger partial charge in [0.25, 0.3) is 0 Å². The lowest BCUT2D eigenvalue weighted by molar-refractivity contribution is 0.306. The number of benzene rings is 2. The highest BCUT2D eigenvalue weighted by molar-refractivity contribution is 6.32. The maximum Gasteiger partial charge on any atom is 0.138 e. The number of halogens is 1. The van der Waals surface area contributed by atoms with Crippen LogP contribution in [0.15, 0.2) is 48.5 Å². The van der Waals surface area contributed by atoms with E-state index in [9.17, 15) is 0 Å². The number of ether oxygens (including phenoxy) is 1. The Bertz CT molecular complexity index is 525. The molecule has 0 saturated carbocycles. The molecule has 2 rings (SSSR count). The van der Waals surface area contributed by atoms with Gasteiger partial charge in [-0.15, -0.1) is 0 Å². The average Bonchev–Trinajstić information content (AvgIpc) is 2.46. The number of hydrogen-bond donors (Lipinski definition) is 1. The van der Waals surface area contributed by atoms with Crippen molar-refractivity contribution in [2.45, 2.75) is 19.4 Å². The fourth-order valence-electron chi connectivity index (χ4n) is 1.80. The zero-order valence-electron chi connectivity index (χ0n) is 11.0. The molecule has 0 fully saturated rings. The highest BCUT2D eigenvalue weighted by Crippen LogP contribution is 2.24. The Kier molecular flexibility index (Phi) is 4.83. The highest BCUT2D eigenvalue weighted by atomic mass is 35.5. The van der Waals surface area contributed by atoms with Gasteiger partial charge in [-0.1, -0.05) is 54.9 Å². The molecule has 2 aromatic rings. The quantitative estimate of drug-likeness (QED) is 0.896. The Balaban J connectivity index is 1.99. The third kappa shape index (κ3) is 3.72. The van der Waals surface area contributed by atoms with Crippen molar-refractivity contribution in [2.24, 2.45) is 5.73 Å². The number of hydrogen-bond acceptors (Lipinski definition) is 2. The van der Waals surface area contributed by atoms with Gasteiger partial charge in [0.1, 0.15) is 12.4 Å². The van der Waals surface area contributed by atoms with Gasteiger partial charge in [-0.05, 0) is 35.7 Å². The van der Waals surface area contributed by atoms with Crippen LogP contribution in [0.25, 0.3) is 0 Å². The lowest BCUT2D eigenvalue weighted by Crippen LogP contribution is -2.08. The van der Waals surface area contributed by atoms with E-state index < -0.39 is 0 Å². The molecule has 0 aliphatic heterocycles. The second-order valence-electron chi connectivity index (χ2n) is 4.60. The molecule has 0 spiro atoms. The van der Waals surface area contributed by atoms with Crippen LogP contribution in [0.5, 0.6) is 5.75 Å². The Labute approximate surface area is 119 Å². The molecule has 0 amide bonds. The van der Waals surface area contributed by atoms with Gasteiger partial charge in [0.15, 0.2) is 0 Å². The molecule has 2 nitrogen and oxygen atoms in total. The molecule has 0 radical (unpaired) electrons. The summed E-state index contributed by atoms with van der Waals surface area (Å²) in [5.74, 6) is 1.10. The van der Waals surface area contributed by atoms with Crippen molar-refractivity contribution in [1.82, 2.24) is 0 Å². The number of rotatable bonds is 5. The van der Waals surface area contributed by atoms with Gasteiger partial charge in [0.05, 0.1) is 5.02 Å². The van der Waals surface area contributed by atoms with Crippen molar-refractivity contribution in [3.8, 4) is 5.75 Å². The Hall–Kier alpha value is -1.51. The topological polar surface area (TPSA) is 35.2 Å². The van der Waals surface area contributed by atoms with Crippen LogP contribution >= 0.6 is 11.6 Å². The summed E-state index contributed by atoms with van der Waals surface area (Å²) in [7, 11) is 0. The summed E-state index contributed by atoms with van der Waals surface area (Å²) >= 11 is 6.04. The van der Waals surface area contributed by atoms with E-state index >= 15 is 0 Å². The maximum absolute atomic E-state index is 6.04.